The molecule has 0 unspecified atom stereocenters. The van der Waals surface area contributed by atoms with Crippen molar-refractivity contribution in [2.45, 2.75) is 19.4 Å². The number of aromatic carboxylic acids is 1. The molecule has 3 aromatic rings. The molecule has 0 aliphatic rings. The number of carboxylic acids is 1. The minimum atomic E-state index is -1.05. The van der Waals surface area contributed by atoms with Crippen LogP contribution in [0, 0.1) is 0 Å². The molecule has 0 spiro atoms. The normalized spacial score (nSPS) is 10.5. The van der Waals surface area contributed by atoms with E-state index in [1.165, 1.54) is 6.20 Å². The van der Waals surface area contributed by atoms with Gasteiger partial charge in [0.15, 0.2) is 0 Å². The molecule has 0 aliphatic carbocycles. The first-order chi connectivity index (χ1) is 12.6. The summed E-state index contributed by atoms with van der Waals surface area (Å²) in [5.41, 5.74) is 2.41. The quantitative estimate of drug-likeness (QED) is 0.687. The summed E-state index contributed by atoms with van der Waals surface area (Å²) in [6.07, 6.45) is 1.80. The van der Waals surface area contributed by atoms with Gasteiger partial charge in [0.05, 0.1) is 17.6 Å². The molecule has 0 saturated carbocycles. The molecule has 26 heavy (non-hydrogen) atoms. The number of carbonyl (C=O) groups is 2. The van der Waals surface area contributed by atoms with E-state index in [0.29, 0.717) is 12.2 Å². The van der Waals surface area contributed by atoms with Gasteiger partial charge in [-0.05, 0) is 24.1 Å². The second-order valence-electron chi connectivity index (χ2n) is 5.82. The minimum absolute atomic E-state index is 0.115. The number of aromatic nitrogens is 2. The van der Waals surface area contributed by atoms with Crippen molar-refractivity contribution in [3.05, 3.63) is 83.7 Å². The molecule has 6 heteroatoms. The summed E-state index contributed by atoms with van der Waals surface area (Å²) in [5.74, 6) is -1.18. The van der Waals surface area contributed by atoms with Crippen LogP contribution < -0.4 is 5.32 Å². The highest BCUT2D eigenvalue weighted by Crippen LogP contribution is 2.17. The average molecular weight is 349 g/mol. The Bertz CT molecular complexity index is 889. The van der Waals surface area contributed by atoms with Gasteiger partial charge < -0.3 is 10.4 Å². The molecule has 132 valence electrons. The topological polar surface area (TPSA) is 84.2 Å². The largest absolute Gasteiger partial charge is 0.478 e. The zero-order valence-corrected chi connectivity index (χ0v) is 14.1. The number of nitrogens with zero attached hydrogens (tertiary/aromatic N) is 2. The lowest BCUT2D eigenvalue weighted by molar-refractivity contribution is -0.121. The molecular weight excluding hydrogens is 330 g/mol. The van der Waals surface area contributed by atoms with Crippen LogP contribution in [-0.2, 0) is 17.8 Å². The van der Waals surface area contributed by atoms with Crippen molar-refractivity contribution in [2.75, 3.05) is 0 Å². The molecule has 0 atom stereocenters. The molecule has 0 fully saturated rings. The van der Waals surface area contributed by atoms with Crippen LogP contribution in [0.5, 0.6) is 0 Å². The van der Waals surface area contributed by atoms with E-state index in [0.717, 1.165) is 11.3 Å². The van der Waals surface area contributed by atoms with E-state index in [9.17, 15) is 14.7 Å². The van der Waals surface area contributed by atoms with Crippen LogP contribution in [0.4, 0.5) is 0 Å². The van der Waals surface area contributed by atoms with Gasteiger partial charge in [0.25, 0.3) is 0 Å². The number of para-hydroxylation sites is 1. The predicted molar refractivity (Wildman–Crippen MR) is 97.1 cm³/mol. The Labute approximate surface area is 151 Å². The average Bonchev–Trinajstić information content (AvgIpc) is 3.10. The zero-order chi connectivity index (χ0) is 18.4. The van der Waals surface area contributed by atoms with Gasteiger partial charge in [0.2, 0.25) is 5.91 Å². The summed E-state index contributed by atoms with van der Waals surface area (Å²) >= 11 is 0. The Balaban J connectivity index is 1.69. The highest BCUT2D eigenvalue weighted by molar-refractivity contribution is 5.89. The third-order valence-electron chi connectivity index (χ3n) is 4.02. The Kier molecular flexibility index (Phi) is 5.43. The number of nitrogens with one attached hydrogen (secondary N) is 1. The van der Waals surface area contributed by atoms with Crippen LogP contribution in [0.3, 0.4) is 0 Å². The third kappa shape index (κ3) is 4.16. The van der Waals surface area contributed by atoms with Gasteiger partial charge in [-0.2, -0.15) is 5.10 Å². The molecule has 0 saturated heterocycles. The lowest BCUT2D eigenvalue weighted by Crippen LogP contribution is -2.23. The highest BCUT2D eigenvalue weighted by atomic mass is 16.4. The van der Waals surface area contributed by atoms with Crippen LogP contribution in [-0.4, -0.2) is 26.8 Å². The van der Waals surface area contributed by atoms with Crippen LogP contribution in [0.25, 0.3) is 5.69 Å². The molecule has 1 heterocycles. The Morgan fingerprint density at radius 2 is 1.65 bits per heavy atom. The Morgan fingerprint density at radius 1 is 1.00 bits per heavy atom. The summed E-state index contributed by atoms with van der Waals surface area (Å²) in [5, 5.41) is 16.4. The van der Waals surface area contributed by atoms with Crippen molar-refractivity contribution in [2.24, 2.45) is 0 Å². The summed E-state index contributed by atoms with van der Waals surface area (Å²) in [6.45, 7) is 0.448. The van der Waals surface area contributed by atoms with Gasteiger partial charge in [-0.1, -0.05) is 48.5 Å². The van der Waals surface area contributed by atoms with Crippen molar-refractivity contribution < 1.29 is 14.7 Å². The van der Waals surface area contributed by atoms with Gasteiger partial charge in [-0.15, -0.1) is 0 Å². The number of amides is 1. The van der Waals surface area contributed by atoms with E-state index in [4.69, 9.17) is 0 Å². The van der Waals surface area contributed by atoms with Crippen LogP contribution in [0.1, 0.15) is 28.0 Å². The maximum atomic E-state index is 12.2. The fourth-order valence-corrected chi connectivity index (χ4v) is 2.70. The van der Waals surface area contributed by atoms with Gasteiger partial charge >= 0.3 is 5.97 Å². The molecule has 1 amide bonds. The molecule has 0 aliphatic heterocycles. The number of benzene rings is 2. The summed E-state index contributed by atoms with van der Waals surface area (Å²) < 4.78 is 1.58. The Morgan fingerprint density at radius 3 is 2.31 bits per heavy atom. The number of carbonyl (C=O) groups excluding carboxylic acids is 1. The van der Waals surface area contributed by atoms with Gasteiger partial charge in [0.1, 0.15) is 5.56 Å². The minimum Gasteiger partial charge on any atom is -0.478 e. The number of hydrogen-bond acceptors (Lipinski definition) is 3. The maximum Gasteiger partial charge on any atom is 0.339 e. The second kappa shape index (κ2) is 8.11. The zero-order valence-electron chi connectivity index (χ0n) is 14.1. The van der Waals surface area contributed by atoms with Gasteiger partial charge in [-0.25, -0.2) is 9.48 Å². The molecular formula is C20H19N3O3. The number of hydrogen-bond donors (Lipinski definition) is 2. The molecule has 0 bridgehead atoms. The van der Waals surface area contributed by atoms with Crippen LogP contribution >= 0.6 is 0 Å². The van der Waals surface area contributed by atoms with Gasteiger partial charge in [-0.3, -0.25) is 4.79 Å². The van der Waals surface area contributed by atoms with Gasteiger partial charge in [0, 0.05) is 13.0 Å². The summed E-state index contributed by atoms with van der Waals surface area (Å²) in [4.78, 5) is 23.6. The first kappa shape index (κ1) is 17.4. The van der Waals surface area contributed by atoms with Crippen LogP contribution in [0.15, 0.2) is 66.9 Å². The second-order valence-corrected chi connectivity index (χ2v) is 5.82. The molecule has 2 N–H and O–H groups in total. The summed E-state index contributed by atoms with van der Waals surface area (Å²) in [6, 6.07) is 18.9. The van der Waals surface area contributed by atoms with E-state index in [1.807, 2.05) is 60.7 Å². The summed E-state index contributed by atoms with van der Waals surface area (Å²) in [7, 11) is 0. The standard InChI is InChI=1S/C20H19N3O3/c24-19(21-13-15-7-3-1-4-8-15)12-11-18-17(20(25)26)14-22-23(18)16-9-5-2-6-10-16/h1-10,14H,11-13H2,(H,21,24)(H,25,26). The first-order valence-electron chi connectivity index (χ1n) is 8.31. The molecule has 3 rings (SSSR count). The van der Waals surface area contributed by atoms with E-state index in [2.05, 4.69) is 10.4 Å². The van der Waals surface area contributed by atoms with Crippen LogP contribution in [0.2, 0.25) is 0 Å². The molecule has 6 nitrogen and oxygen atoms in total. The van der Waals surface area contributed by atoms with Crippen molar-refractivity contribution in [3.8, 4) is 5.69 Å². The smallest absolute Gasteiger partial charge is 0.339 e. The SMILES string of the molecule is O=C(CCc1c(C(=O)O)cnn1-c1ccccc1)NCc1ccccc1. The van der Waals surface area contributed by atoms with Crippen molar-refractivity contribution in [3.63, 3.8) is 0 Å². The highest BCUT2D eigenvalue weighted by Gasteiger charge is 2.18. The van der Waals surface area contributed by atoms with E-state index in [1.54, 1.807) is 4.68 Å². The number of carboxylic acid groups (broad SMARTS) is 1. The number of rotatable bonds is 7. The monoisotopic (exact) mass is 349 g/mol. The van der Waals surface area contributed by atoms with Crippen molar-refractivity contribution >= 4 is 11.9 Å². The maximum absolute atomic E-state index is 12.2. The fourth-order valence-electron chi connectivity index (χ4n) is 2.70. The predicted octanol–water partition coefficient (Wildman–Crippen LogP) is 2.82. The van der Waals surface area contributed by atoms with E-state index >= 15 is 0 Å². The van der Waals surface area contributed by atoms with E-state index < -0.39 is 5.97 Å². The first-order valence-corrected chi connectivity index (χ1v) is 8.31. The molecule has 0 radical (unpaired) electrons. The lowest BCUT2D eigenvalue weighted by Gasteiger charge is -2.09. The lowest BCUT2D eigenvalue weighted by atomic mass is 10.1. The third-order valence-corrected chi connectivity index (χ3v) is 4.02. The van der Waals surface area contributed by atoms with E-state index in [-0.39, 0.29) is 24.3 Å². The molecule has 1 aromatic heterocycles. The van der Waals surface area contributed by atoms with Crippen molar-refractivity contribution in [1.82, 2.24) is 15.1 Å². The molecule has 2 aromatic carbocycles. The van der Waals surface area contributed by atoms with Crippen molar-refractivity contribution in [1.29, 1.82) is 0 Å². The fraction of sp³-hybridized carbons (Fsp3) is 0.150. The Hall–Kier alpha value is -3.41.